The summed E-state index contributed by atoms with van der Waals surface area (Å²) in [5, 5.41) is 5.40. The third-order valence-corrected chi connectivity index (χ3v) is 7.15. The van der Waals surface area contributed by atoms with Gasteiger partial charge in [-0.15, -0.1) is 0 Å². The van der Waals surface area contributed by atoms with Gasteiger partial charge in [-0.3, -0.25) is 9.59 Å². The number of morpholine rings is 1. The third kappa shape index (κ3) is 5.14. The number of nitrogens with one attached hydrogen (secondary N) is 2. The quantitative estimate of drug-likeness (QED) is 0.560. The van der Waals surface area contributed by atoms with Gasteiger partial charge in [-0.25, -0.2) is 12.8 Å². The van der Waals surface area contributed by atoms with E-state index in [-0.39, 0.29) is 37.8 Å². The van der Waals surface area contributed by atoms with Crippen LogP contribution in [-0.2, 0) is 14.8 Å². The van der Waals surface area contributed by atoms with Gasteiger partial charge >= 0.3 is 0 Å². The van der Waals surface area contributed by atoms with Gasteiger partial charge in [0.2, 0.25) is 10.0 Å². The minimum atomic E-state index is -4.13. The van der Waals surface area contributed by atoms with Gasteiger partial charge in [-0.1, -0.05) is 30.3 Å². The molecule has 2 amide bonds. The number of sulfonamides is 1. The van der Waals surface area contributed by atoms with Crippen molar-refractivity contribution < 1.29 is 27.1 Å². The van der Waals surface area contributed by atoms with Gasteiger partial charge in [0.05, 0.1) is 24.6 Å². The number of nitrogens with zero attached hydrogens (tertiary/aromatic N) is 1. The highest BCUT2D eigenvalue weighted by molar-refractivity contribution is 7.89. The largest absolute Gasteiger partial charge is 0.379 e. The van der Waals surface area contributed by atoms with Crippen molar-refractivity contribution in [1.82, 2.24) is 4.31 Å². The molecule has 3 aromatic rings. The first-order valence-electron chi connectivity index (χ1n) is 10.5. The molecule has 1 heterocycles. The molecule has 0 aromatic heterocycles. The van der Waals surface area contributed by atoms with Crippen LogP contribution in [0.1, 0.15) is 20.7 Å². The monoisotopic (exact) mass is 483 g/mol. The van der Waals surface area contributed by atoms with Crippen LogP contribution in [0.4, 0.5) is 15.8 Å². The van der Waals surface area contributed by atoms with E-state index in [1.807, 2.05) is 0 Å². The highest BCUT2D eigenvalue weighted by Crippen LogP contribution is 2.25. The molecule has 10 heteroatoms. The van der Waals surface area contributed by atoms with Crippen molar-refractivity contribution in [3.63, 3.8) is 0 Å². The predicted octanol–water partition coefficient (Wildman–Crippen LogP) is 3.35. The minimum Gasteiger partial charge on any atom is -0.379 e. The van der Waals surface area contributed by atoms with Crippen molar-refractivity contribution in [2.75, 3.05) is 36.9 Å². The molecular formula is C24H22FN3O5S. The van der Waals surface area contributed by atoms with Gasteiger partial charge in [0, 0.05) is 24.2 Å². The smallest absolute Gasteiger partial charge is 0.255 e. The number of hydrogen-bond donors (Lipinski definition) is 2. The van der Waals surface area contributed by atoms with Crippen LogP contribution in [0.15, 0.2) is 77.7 Å². The Bertz CT molecular complexity index is 1310. The van der Waals surface area contributed by atoms with Crippen molar-refractivity contribution in [2.45, 2.75) is 4.90 Å². The van der Waals surface area contributed by atoms with Crippen LogP contribution in [0.2, 0.25) is 0 Å². The number of carbonyl (C=O) groups excluding carboxylic acids is 2. The Balaban J connectivity index is 1.56. The standard InChI is InChI=1S/C24H22FN3O5S/c25-19-11-10-18(16-22(19)34(31,32)28-12-14-33-15-13-28)24(30)27-21-9-5-4-8-20(21)26-23(29)17-6-2-1-3-7-17/h1-11,16H,12-15H2,(H,26,29)(H,27,30). The molecule has 3 aromatic carbocycles. The SMILES string of the molecule is O=C(Nc1ccccc1NC(=O)c1ccc(F)c(S(=O)(=O)N2CCOCC2)c1)c1ccccc1. The lowest BCUT2D eigenvalue weighted by molar-refractivity contribution is 0.0729. The first kappa shape index (κ1) is 23.6. The Labute approximate surface area is 196 Å². The lowest BCUT2D eigenvalue weighted by Crippen LogP contribution is -2.41. The van der Waals surface area contributed by atoms with Gasteiger partial charge in [0.1, 0.15) is 10.7 Å². The van der Waals surface area contributed by atoms with E-state index in [9.17, 15) is 22.4 Å². The Morgan fingerprint density at radius 3 is 1.97 bits per heavy atom. The fourth-order valence-electron chi connectivity index (χ4n) is 3.45. The topological polar surface area (TPSA) is 105 Å². The molecule has 34 heavy (non-hydrogen) atoms. The summed E-state index contributed by atoms with van der Waals surface area (Å²) in [6.45, 7) is 0.637. The summed E-state index contributed by atoms with van der Waals surface area (Å²) in [6.07, 6.45) is 0. The van der Waals surface area contributed by atoms with E-state index in [1.165, 1.54) is 6.07 Å². The second-order valence-corrected chi connectivity index (χ2v) is 9.39. The van der Waals surface area contributed by atoms with Gasteiger partial charge in [0.25, 0.3) is 11.8 Å². The number of carbonyl (C=O) groups is 2. The lowest BCUT2D eigenvalue weighted by Gasteiger charge is -2.26. The van der Waals surface area contributed by atoms with Gasteiger partial charge in [-0.05, 0) is 42.5 Å². The molecule has 0 radical (unpaired) electrons. The number of para-hydroxylation sites is 2. The molecule has 2 N–H and O–H groups in total. The Morgan fingerprint density at radius 1 is 0.794 bits per heavy atom. The Kier molecular flexibility index (Phi) is 7.01. The lowest BCUT2D eigenvalue weighted by atomic mass is 10.1. The fraction of sp³-hybridized carbons (Fsp3) is 0.167. The van der Waals surface area contributed by atoms with Crippen molar-refractivity contribution in [2.24, 2.45) is 0 Å². The number of hydrogen-bond acceptors (Lipinski definition) is 5. The zero-order valence-corrected chi connectivity index (χ0v) is 18.8. The van der Waals surface area contributed by atoms with E-state index < -0.39 is 26.6 Å². The van der Waals surface area contributed by atoms with Crippen molar-refractivity contribution in [3.05, 3.63) is 89.7 Å². The molecule has 1 fully saturated rings. The van der Waals surface area contributed by atoms with Crippen LogP contribution in [0.25, 0.3) is 0 Å². The predicted molar refractivity (Wildman–Crippen MR) is 125 cm³/mol. The van der Waals surface area contributed by atoms with E-state index in [1.54, 1.807) is 54.6 Å². The number of benzene rings is 3. The molecule has 1 saturated heterocycles. The average Bonchev–Trinajstić information content (AvgIpc) is 2.86. The third-order valence-electron chi connectivity index (χ3n) is 5.24. The van der Waals surface area contributed by atoms with Crippen molar-refractivity contribution in [1.29, 1.82) is 0 Å². The molecule has 0 unspecified atom stereocenters. The van der Waals surface area contributed by atoms with Gasteiger partial charge in [0.15, 0.2) is 0 Å². The van der Waals surface area contributed by atoms with Crippen LogP contribution in [0.3, 0.4) is 0 Å². The minimum absolute atomic E-state index is 0.0441. The van der Waals surface area contributed by atoms with Crippen LogP contribution in [0, 0.1) is 5.82 Å². The maximum atomic E-state index is 14.5. The number of rotatable bonds is 6. The number of anilines is 2. The second kappa shape index (κ2) is 10.1. The van der Waals surface area contributed by atoms with Gasteiger partial charge < -0.3 is 15.4 Å². The first-order valence-corrected chi connectivity index (χ1v) is 11.9. The molecule has 4 rings (SSSR count). The molecule has 0 saturated carbocycles. The number of ether oxygens (including phenoxy) is 1. The zero-order chi connectivity index (χ0) is 24.1. The Morgan fingerprint density at radius 2 is 1.35 bits per heavy atom. The van der Waals surface area contributed by atoms with Crippen LogP contribution in [0.5, 0.6) is 0 Å². The summed E-state index contributed by atoms with van der Waals surface area (Å²) < 4.78 is 46.6. The maximum Gasteiger partial charge on any atom is 0.255 e. The Hall–Kier alpha value is -3.60. The zero-order valence-electron chi connectivity index (χ0n) is 18.0. The van der Waals surface area contributed by atoms with E-state index in [2.05, 4.69) is 10.6 Å². The van der Waals surface area contributed by atoms with Crippen molar-refractivity contribution >= 4 is 33.2 Å². The maximum absolute atomic E-state index is 14.5. The molecule has 176 valence electrons. The number of amides is 2. The molecule has 1 aliphatic heterocycles. The van der Waals surface area contributed by atoms with Crippen LogP contribution in [-0.4, -0.2) is 50.8 Å². The molecule has 1 aliphatic rings. The summed E-state index contributed by atoms with van der Waals surface area (Å²) in [7, 11) is -4.13. The van der Waals surface area contributed by atoms with E-state index >= 15 is 0 Å². The van der Waals surface area contributed by atoms with E-state index in [0.29, 0.717) is 16.9 Å². The van der Waals surface area contributed by atoms with E-state index in [0.717, 1.165) is 16.4 Å². The molecule has 0 spiro atoms. The normalized spacial score (nSPS) is 14.4. The van der Waals surface area contributed by atoms with Crippen molar-refractivity contribution in [3.8, 4) is 0 Å². The molecular weight excluding hydrogens is 461 g/mol. The molecule has 0 atom stereocenters. The first-order chi connectivity index (χ1) is 16.4. The summed E-state index contributed by atoms with van der Waals surface area (Å²) in [5.74, 6) is -1.96. The summed E-state index contributed by atoms with van der Waals surface area (Å²) in [6, 6.07) is 18.3. The highest BCUT2D eigenvalue weighted by atomic mass is 32.2. The highest BCUT2D eigenvalue weighted by Gasteiger charge is 2.30. The summed E-state index contributed by atoms with van der Waals surface area (Å²) >= 11 is 0. The fourth-order valence-corrected chi connectivity index (χ4v) is 4.95. The van der Waals surface area contributed by atoms with Crippen LogP contribution < -0.4 is 10.6 Å². The van der Waals surface area contributed by atoms with Gasteiger partial charge in [-0.2, -0.15) is 4.31 Å². The van der Waals surface area contributed by atoms with E-state index in [4.69, 9.17) is 4.74 Å². The second-order valence-electron chi connectivity index (χ2n) is 7.48. The summed E-state index contributed by atoms with van der Waals surface area (Å²) in [4.78, 5) is 24.9. The molecule has 0 aliphatic carbocycles. The average molecular weight is 484 g/mol. The number of halogens is 1. The van der Waals surface area contributed by atoms with Crippen LogP contribution >= 0.6 is 0 Å². The molecule has 0 bridgehead atoms. The summed E-state index contributed by atoms with van der Waals surface area (Å²) in [5.41, 5.74) is 1.06. The molecule has 8 nitrogen and oxygen atoms in total.